The molecule has 0 spiro atoms. The van der Waals surface area contributed by atoms with Gasteiger partial charge in [-0.3, -0.25) is 4.79 Å². The van der Waals surface area contributed by atoms with E-state index in [1.807, 2.05) is 27.7 Å². The zero-order chi connectivity index (χ0) is 14.0. The van der Waals surface area contributed by atoms with Gasteiger partial charge in [-0.25, -0.2) is 0 Å². The molecule has 0 aliphatic heterocycles. The van der Waals surface area contributed by atoms with E-state index < -0.39 is 5.60 Å². The third-order valence-corrected chi connectivity index (χ3v) is 3.77. The van der Waals surface area contributed by atoms with Crippen LogP contribution in [-0.2, 0) is 9.53 Å². The van der Waals surface area contributed by atoms with Gasteiger partial charge in [-0.1, -0.05) is 30.7 Å². The van der Waals surface area contributed by atoms with Gasteiger partial charge in [0.1, 0.15) is 5.60 Å². The van der Waals surface area contributed by atoms with E-state index in [1.54, 1.807) is 0 Å². The highest BCUT2D eigenvalue weighted by molar-refractivity contribution is 5.78. The summed E-state index contributed by atoms with van der Waals surface area (Å²) in [5.41, 5.74) is 2.03. The summed E-state index contributed by atoms with van der Waals surface area (Å²) in [5.74, 6) is 0.393. The van der Waals surface area contributed by atoms with Crippen molar-refractivity contribution in [1.29, 1.82) is 0 Å². The van der Waals surface area contributed by atoms with Gasteiger partial charge in [0.2, 0.25) is 0 Å². The highest BCUT2D eigenvalue weighted by Gasteiger charge is 2.24. The van der Waals surface area contributed by atoms with E-state index >= 15 is 0 Å². The van der Waals surface area contributed by atoms with E-state index in [0.29, 0.717) is 0 Å². The Morgan fingerprint density at radius 2 is 1.79 bits per heavy atom. The van der Waals surface area contributed by atoms with Gasteiger partial charge in [0.05, 0.1) is 5.92 Å². The van der Waals surface area contributed by atoms with Crippen molar-refractivity contribution in [2.24, 2.45) is 0 Å². The Hall–Kier alpha value is -1.31. The van der Waals surface area contributed by atoms with Crippen LogP contribution in [0.3, 0.4) is 0 Å². The molecule has 2 nitrogen and oxygen atoms in total. The SMILES string of the molecule is CC(C(=O)OC(C)(C)C)c1ccc(C2CCC2)cc1. The fraction of sp³-hybridized carbons (Fsp3) is 0.588. The van der Waals surface area contributed by atoms with Crippen LogP contribution in [-0.4, -0.2) is 11.6 Å². The van der Waals surface area contributed by atoms with Crippen molar-refractivity contribution in [3.8, 4) is 0 Å². The number of benzene rings is 1. The molecule has 1 saturated carbocycles. The number of esters is 1. The maximum atomic E-state index is 12.0. The summed E-state index contributed by atoms with van der Waals surface area (Å²) in [6.07, 6.45) is 3.96. The average Bonchev–Trinajstić information content (AvgIpc) is 2.24. The Balaban J connectivity index is 2.02. The van der Waals surface area contributed by atoms with Crippen molar-refractivity contribution in [1.82, 2.24) is 0 Å². The molecule has 1 unspecified atom stereocenters. The largest absolute Gasteiger partial charge is 0.460 e. The van der Waals surface area contributed by atoms with Gasteiger partial charge >= 0.3 is 5.97 Å². The van der Waals surface area contributed by atoms with Crippen molar-refractivity contribution >= 4 is 5.97 Å². The maximum absolute atomic E-state index is 12.0. The molecule has 0 bridgehead atoms. The standard InChI is InChI=1S/C17H24O2/c1-12(16(18)19-17(2,3)4)13-8-10-15(11-9-13)14-6-5-7-14/h8-12,14H,5-7H2,1-4H3. The third kappa shape index (κ3) is 3.59. The van der Waals surface area contributed by atoms with E-state index in [0.717, 1.165) is 11.5 Å². The Morgan fingerprint density at radius 3 is 2.21 bits per heavy atom. The highest BCUT2D eigenvalue weighted by atomic mass is 16.6. The lowest BCUT2D eigenvalue weighted by Crippen LogP contribution is -2.26. The lowest BCUT2D eigenvalue weighted by Gasteiger charge is -2.26. The molecule has 1 aromatic rings. The Labute approximate surface area is 116 Å². The van der Waals surface area contributed by atoms with Crippen molar-refractivity contribution < 1.29 is 9.53 Å². The first-order valence-corrected chi connectivity index (χ1v) is 7.19. The Morgan fingerprint density at radius 1 is 1.21 bits per heavy atom. The molecule has 0 N–H and O–H groups in total. The van der Waals surface area contributed by atoms with Crippen LogP contribution >= 0.6 is 0 Å². The molecule has 0 amide bonds. The third-order valence-electron chi connectivity index (χ3n) is 3.77. The fourth-order valence-electron chi connectivity index (χ4n) is 2.32. The molecule has 2 heteroatoms. The molecule has 0 saturated heterocycles. The van der Waals surface area contributed by atoms with Gasteiger partial charge in [0, 0.05) is 0 Å². The molecule has 0 aromatic heterocycles. The van der Waals surface area contributed by atoms with E-state index in [2.05, 4.69) is 24.3 Å². The average molecular weight is 260 g/mol. The van der Waals surface area contributed by atoms with E-state index in [-0.39, 0.29) is 11.9 Å². The summed E-state index contributed by atoms with van der Waals surface area (Å²) in [5, 5.41) is 0. The van der Waals surface area contributed by atoms with Crippen LogP contribution in [0.15, 0.2) is 24.3 Å². The predicted molar refractivity (Wildman–Crippen MR) is 77.3 cm³/mol. The van der Waals surface area contributed by atoms with Gasteiger partial charge < -0.3 is 4.74 Å². The van der Waals surface area contributed by atoms with Gasteiger partial charge in [-0.15, -0.1) is 0 Å². The zero-order valence-electron chi connectivity index (χ0n) is 12.4. The Bertz CT molecular complexity index is 435. The summed E-state index contributed by atoms with van der Waals surface area (Å²) in [6.45, 7) is 7.61. The molecule has 19 heavy (non-hydrogen) atoms. The number of ether oxygens (including phenoxy) is 1. The lowest BCUT2D eigenvalue weighted by atomic mass is 9.79. The van der Waals surface area contributed by atoms with E-state index in [4.69, 9.17) is 4.74 Å². The number of hydrogen-bond donors (Lipinski definition) is 0. The van der Waals surface area contributed by atoms with Crippen molar-refractivity contribution in [2.45, 2.75) is 64.4 Å². The quantitative estimate of drug-likeness (QED) is 0.753. The second kappa shape index (κ2) is 5.36. The van der Waals surface area contributed by atoms with Crippen molar-refractivity contribution in [2.75, 3.05) is 0 Å². The van der Waals surface area contributed by atoms with E-state index in [9.17, 15) is 4.79 Å². The van der Waals surface area contributed by atoms with Crippen LogP contribution < -0.4 is 0 Å². The molecular weight excluding hydrogens is 236 g/mol. The molecule has 1 fully saturated rings. The van der Waals surface area contributed by atoms with Gasteiger partial charge in [0.25, 0.3) is 0 Å². The molecule has 1 aliphatic carbocycles. The van der Waals surface area contributed by atoms with Gasteiger partial charge in [0.15, 0.2) is 0 Å². The second-order valence-corrected chi connectivity index (χ2v) is 6.55. The second-order valence-electron chi connectivity index (χ2n) is 6.55. The summed E-state index contributed by atoms with van der Waals surface area (Å²) in [4.78, 5) is 12.0. The van der Waals surface area contributed by atoms with Gasteiger partial charge in [-0.2, -0.15) is 0 Å². The first-order valence-electron chi connectivity index (χ1n) is 7.19. The summed E-state index contributed by atoms with van der Waals surface area (Å²) in [7, 11) is 0. The first kappa shape index (κ1) is 14.1. The lowest BCUT2D eigenvalue weighted by molar-refractivity contribution is -0.156. The highest BCUT2D eigenvalue weighted by Crippen LogP contribution is 2.36. The smallest absolute Gasteiger partial charge is 0.313 e. The van der Waals surface area contributed by atoms with Crippen molar-refractivity contribution in [3.05, 3.63) is 35.4 Å². The topological polar surface area (TPSA) is 26.3 Å². The van der Waals surface area contributed by atoms with Crippen molar-refractivity contribution in [3.63, 3.8) is 0 Å². The normalized spacial score (nSPS) is 17.7. The van der Waals surface area contributed by atoms with Crippen LogP contribution in [0, 0.1) is 0 Å². The summed E-state index contributed by atoms with van der Waals surface area (Å²) < 4.78 is 5.43. The van der Waals surface area contributed by atoms with Crippen LogP contribution in [0.5, 0.6) is 0 Å². The first-order chi connectivity index (χ1) is 8.87. The minimum absolute atomic E-state index is 0.149. The van der Waals surface area contributed by atoms with Crippen LogP contribution in [0.1, 0.15) is 69.9 Å². The van der Waals surface area contributed by atoms with Gasteiger partial charge in [-0.05, 0) is 57.6 Å². The molecule has 0 heterocycles. The number of carbonyl (C=O) groups excluding carboxylic acids is 1. The molecule has 1 atom stereocenters. The van der Waals surface area contributed by atoms with E-state index in [1.165, 1.54) is 24.8 Å². The number of hydrogen-bond acceptors (Lipinski definition) is 2. The number of rotatable bonds is 3. The molecule has 1 aromatic carbocycles. The molecule has 2 rings (SSSR count). The minimum Gasteiger partial charge on any atom is -0.460 e. The summed E-state index contributed by atoms with van der Waals surface area (Å²) >= 11 is 0. The van der Waals surface area contributed by atoms with Crippen LogP contribution in [0.2, 0.25) is 0 Å². The molecular formula is C17H24O2. The molecule has 104 valence electrons. The fourth-order valence-corrected chi connectivity index (χ4v) is 2.32. The minimum atomic E-state index is -0.419. The monoisotopic (exact) mass is 260 g/mol. The Kier molecular flexibility index (Phi) is 3.98. The molecule has 1 aliphatic rings. The van der Waals surface area contributed by atoms with Crippen LogP contribution in [0.25, 0.3) is 0 Å². The maximum Gasteiger partial charge on any atom is 0.313 e. The number of carbonyl (C=O) groups is 1. The van der Waals surface area contributed by atoms with Crippen LogP contribution in [0.4, 0.5) is 0 Å². The molecule has 0 radical (unpaired) electrons. The predicted octanol–water partition coefficient (Wildman–Crippen LogP) is 4.40. The zero-order valence-corrected chi connectivity index (χ0v) is 12.4. The summed E-state index contributed by atoms with van der Waals surface area (Å²) in [6, 6.07) is 8.48.